The Morgan fingerprint density at radius 1 is 0.846 bits per heavy atom. The number of methoxy groups -OCH3 is 4. The Morgan fingerprint density at radius 3 is 2.04 bits per heavy atom. The summed E-state index contributed by atoms with van der Waals surface area (Å²) in [5, 5.41) is 4.06. The van der Waals surface area contributed by atoms with Crippen molar-refractivity contribution in [1.82, 2.24) is 10.1 Å². The Kier molecular flexibility index (Phi) is 5.26. The van der Waals surface area contributed by atoms with Crippen LogP contribution in [0.15, 0.2) is 40.9 Å². The van der Waals surface area contributed by atoms with Gasteiger partial charge in [0.2, 0.25) is 17.5 Å². The minimum Gasteiger partial charge on any atom is -0.497 e. The maximum absolute atomic E-state index is 5.38. The van der Waals surface area contributed by atoms with Crippen LogP contribution in [0, 0.1) is 0 Å². The summed E-state index contributed by atoms with van der Waals surface area (Å²) < 4.78 is 26.6. The van der Waals surface area contributed by atoms with Crippen molar-refractivity contribution in [3.63, 3.8) is 0 Å². The summed E-state index contributed by atoms with van der Waals surface area (Å²) in [4.78, 5) is 4.46. The molecule has 7 heteroatoms. The molecule has 136 valence electrons. The van der Waals surface area contributed by atoms with E-state index in [0.29, 0.717) is 40.9 Å². The lowest BCUT2D eigenvalue weighted by Crippen LogP contribution is -1.96. The molecule has 0 atom stereocenters. The summed E-state index contributed by atoms with van der Waals surface area (Å²) in [6, 6.07) is 11.3. The molecule has 0 amide bonds. The third-order valence-corrected chi connectivity index (χ3v) is 3.91. The van der Waals surface area contributed by atoms with E-state index in [1.54, 1.807) is 40.6 Å². The van der Waals surface area contributed by atoms with E-state index in [2.05, 4.69) is 10.1 Å². The zero-order valence-electron chi connectivity index (χ0n) is 15.1. The lowest BCUT2D eigenvalue weighted by molar-refractivity contribution is 0.324. The van der Waals surface area contributed by atoms with Gasteiger partial charge >= 0.3 is 0 Å². The van der Waals surface area contributed by atoms with E-state index in [9.17, 15) is 0 Å². The summed E-state index contributed by atoms with van der Waals surface area (Å²) >= 11 is 0. The zero-order chi connectivity index (χ0) is 18.5. The van der Waals surface area contributed by atoms with Crippen molar-refractivity contribution in [1.29, 1.82) is 0 Å². The van der Waals surface area contributed by atoms with E-state index in [1.807, 2.05) is 24.3 Å². The first kappa shape index (κ1) is 17.6. The van der Waals surface area contributed by atoms with E-state index in [0.717, 1.165) is 11.3 Å². The highest BCUT2D eigenvalue weighted by atomic mass is 16.5. The molecule has 0 fully saturated rings. The molecular formula is C19H20N2O5. The second-order valence-corrected chi connectivity index (χ2v) is 5.45. The molecule has 0 spiro atoms. The van der Waals surface area contributed by atoms with E-state index in [4.69, 9.17) is 23.5 Å². The second-order valence-electron chi connectivity index (χ2n) is 5.45. The summed E-state index contributed by atoms with van der Waals surface area (Å²) in [5.41, 5.74) is 1.76. The molecule has 1 aromatic heterocycles. The number of benzene rings is 2. The molecule has 3 aromatic rings. The van der Waals surface area contributed by atoms with Crippen molar-refractivity contribution < 1.29 is 23.5 Å². The van der Waals surface area contributed by atoms with Gasteiger partial charge < -0.3 is 23.5 Å². The van der Waals surface area contributed by atoms with Gasteiger partial charge in [-0.25, -0.2) is 0 Å². The molecule has 1 heterocycles. The fourth-order valence-electron chi connectivity index (χ4n) is 2.57. The van der Waals surface area contributed by atoms with Crippen LogP contribution in [0.3, 0.4) is 0 Å². The molecule has 0 bridgehead atoms. The van der Waals surface area contributed by atoms with Gasteiger partial charge in [0.1, 0.15) is 5.75 Å². The highest BCUT2D eigenvalue weighted by Crippen LogP contribution is 2.40. The molecule has 0 aliphatic carbocycles. The fraction of sp³-hybridized carbons (Fsp3) is 0.263. The Morgan fingerprint density at radius 2 is 1.50 bits per heavy atom. The quantitative estimate of drug-likeness (QED) is 0.642. The maximum atomic E-state index is 5.38. The normalized spacial score (nSPS) is 10.5. The summed E-state index contributed by atoms with van der Waals surface area (Å²) in [7, 11) is 6.32. The second kappa shape index (κ2) is 7.77. The van der Waals surface area contributed by atoms with Crippen LogP contribution in [-0.2, 0) is 6.42 Å². The first-order valence-corrected chi connectivity index (χ1v) is 7.94. The average molecular weight is 356 g/mol. The molecule has 0 unspecified atom stereocenters. The van der Waals surface area contributed by atoms with Crippen molar-refractivity contribution in [2.24, 2.45) is 0 Å². The Labute approximate surface area is 151 Å². The minimum absolute atomic E-state index is 0.452. The third kappa shape index (κ3) is 3.56. The number of rotatable bonds is 7. The molecule has 0 N–H and O–H groups in total. The van der Waals surface area contributed by atoms with Crippen LogP contribution in [0.2, 0.25) is 0 Å². The van der Waals surface area contributed by atoms with Crippen LogP contribution in [0.1, 0.15) is 11.5 Å². The highest BCUT2D eigenvalue weighted by Gasteiger charge is 2.17. The Balaban J connectivity index is 1.87. The maximum Gasteiger partial charge on any atom is 0.231 e. The molecule has 0 aliphatic rings. The predicted molar refractivity (Wildman–Crippen MR) is 95.2 cm³/mol. The first-order chi connectivity index (χ1) is 12.7. The fourth-order valence-corrected chi connectivity index (χ4v) is 2.57. The third-order valence-electron chi connectivity index (χ3n) is 3.91. The van der Waals surface area contributed by atoms with E-state index < -0.39 is 0 Å². The highest BCUT2D eigenvalue weighted by molar-refractivity contribution is 5.66. The molecule has 0 radical (unpaired) electrons. The monoisotopic (exact) mass is 356 g/mol. The Bertz CT molecular complexity index is 849. The van der Waals surface area contributed by atoms with Crippen LogP contribution in [0.5, 0.6) is 23.0 Å². The number of ether oxygens (including phenoxy) is 4. The van der Waals surface area contributed by atoms with Gasteiger partial charge in [-0.05, 0) is 29.8 Å². The zero-order valence-corrected chi connectivity index (χ0v) is 15.1. The number of nitrogens with zero attached hydrogens (tertiary/aromatic N) is 2. The van der Waals surface area contributed by atoms with Crippen molar-refractivity contribution >= 4 is 0 Å². The van der Waals surface area contributed by atoms with Crippen molar-refractivity contribution in [3.8, 4) is 34.4 Å². The van der Waals surface area contributed by atoms with Gasteiger partial charge in [-0.15, -0.1) is 0 Å². The van der Waals surface area contributed by atoms with Crippen molar-refractivity contribution in [2.75, 3.05) is 28.4 Å². The van der Waals surface area contributed by atoms with Gasteiger partial charge in [-0.3, -0.25) is 0 Å². The Hall–Kier alpha value is -3.22. The van der Waals surface area contributed by atoms with Gasteiger partial charge in [0.25, 0.3) is 0 Å². The largest absolute Gasteiger partial charge is 0.497 e. The van der Waals surface area contributed by atoms with Crippen molar-refractivity contribution in [2.45, 2.75) is 6.42 Å². The molecule has 26 heavy (non-hydrogen) atoms. The molecule has 0 saturated heterocycles. The lowest BCUT2D eigenvalue weighted by atomic mass is 10.1. The van der Waals surface area contributed by atoms with Crippen LogP contribution in [-0.4, -0.2) is 38.6 Å². The van der Waals surface area contributed by atoms with Crippen LogP contribution < -0.4 is 18.9 Å². The van der Waals surface area contributed by atoms with Crippen LogP contribution in [0.25, 0.3) is 11.4 Å². The van der Waals surface area contributed by atoms with E-state index in [1.165, 1.54) is 0 Å². The van der Waals surface area contributed by atoms with E-state index >= 15 is 0 Å². The molecule has 2 aromatic carbocycles. The molecule has 0 saturated carbocycles. The SMILES string of the molecule is COc1ccc(Cc2nc(-c3cc(OC)c(OC)c(OC)c3)no2)cc1. The molecule has 0 aliphatic heterocycles. The summed E-state index contributed by atoms with van der Waals surface area (Å²) in [5.74, 6) is 3.34. The lowest BCUT2D eigenvalue weighted by Gasteiger charge is -2.12. The van der Waals surface area contributed by atoms with Gasteiger partial charge in [0.15, 0.2) is 11.5 Å². The first-order valence-electron chi connectivity index (χ1n) is 7.94. The number of hydrogen-bond acceptors (Lipinski definition) is 7. The summed E-state index contributed by atoms with van der Waals surface area (Å²) in [6.45, 7) is 0. The minimum atomic E-state index is 0.452. The smallest absolute Gasteiger partial charge is 0.231 e. The number of hydrogen-bond donors (Lipinski definition) is 0. The molecule has 7 nitrogen and oxygen atoms in total. The average Bonchev–Trinajstić information content (AvgIpc) is 3.15. The van der Waals surface area contributed by atoms with Gasteiger partial charge in [0, 0.05) is 5.56 Å². The molecular weight excluding hydrogens is 336 g/mol. The topological polar surface area (TPSA) is 75.8 Å². The van der Waals surface area contributed by atoms with Gasteiger partial charge in [-0.2, -0.15) is 4.98 Å². The standard InChI is InChI=1S/C19H20N2O5/c1-22-14-7-5-12(6-8-14)9-17-20-19(21-26-17)13-10-15(23-2)18(25-4)16(11-13)24-3/h5-8,10-11H,9H2,1-4H3. The number of aromatic nitrogens is 2. The van der Waals surface area contributed by atoms with E-state index in [-0.39, 0.29) is 0 Å². The van der Waals surface area contributed by atoms with Crippen LogP contribution in [0.4, 0.5) is 0 Å². The van der Waals surface area contributed by atoms with Gasteiger partial charge in [0.05, 0.1) is 34.9 Å². The van der Waals surface area contributed by atoms with Crippen molar-refractivity contribution in [3.05, 3.63) is 47.9 Å². The molecule has 3 rings (SSSR count). The van der Waals surface area contributed by atoms with Gasteiger partial charge in [-0.1, -0.05) is 17.3 Å². The predicted octanol–water partition coefficient (Wildman–Crippen LogP) is 3.36. The summed E-state index contributed by atoms with van der Waals surface area (Å²) in [6.07, 6.45) is 0.529. The van der Waals surface area contributed by atoms with Crippen LogP contribution >= 0.6 is 0 Å².